The van der Waals surface area contributed by atoms with Gasteiger partial charge in [0.25, 0.3) is 0 Å². The lowest BCUT2D eigenvalue weighted by molar-refractivity contribution is 0.242. The fraction of sp³-hybridized carbons (Fsp3) is 0.259. The van der Waals surface area contributed by atoms with Crippen LogP contribution < -0.4 is 33.2 Å². The van der Waals surface area contributed by atoms with E-state index in [-0.39, 0.29) is 5.75 Å². The minimum atomic E-state index is 0.159. The Balaban J connectivity index is 0.000000209. The van der Waals surface area contributed by atoms with Crippen molar-refractivity contribution in [2.45, 2.75) is 121 Å². The van der Waals surface area contributed by atoms with Gasteiger partial charge in [0.15, 0.2) is 10.3 Å². The van der Waals surface area contributed by atoms with E-state index < -0.39 is 0 Å². The zero-order chi connectivity index (χ0) is 66.0. The number of aromatic amines is 2. The van der Waals surface area contributed by atoms with Gasteiger partial charge >= 0.3 is 0 Å². The second-order valence-electron chi connectivity index (χ2n) is 23.0. The summed E-state index contributed by atoms with van der Waals surface area (Å²) in [5.41, 5.74) is 13.5. The van der Waals surface area contributed by atoms with Crippen molar-refractivity contribution in [3.63, 3.8) is 0 Å². The molecule has 0 amide bonds. The van der Waals surface area contributed by atoms with Crippen LogP contribution in [-0.4, -0.2) is 51.5 Å². The van der Waals surface area contributed by atoms with Crippen LogP contribution >= 0.6 is 23.5 Å². The Morgan fingerprint density at radius 3 is 1.25 bits per heavy atom. The van der Waals surface area contributed by atoms with E-state index in [0.717, 1.165) is 169 Å². The zero-order valence-corrected chi connectivity index (χ0v) is 57.0. The van der Waals surface area contributed by atoms with Crippen molar-refractivity contribution in [1.82, 2.24) is 19.9 Å². The molecule has 0 unspecified atom stereocenters. The van der Waals surface area contributed by atoms with Crippen LogP contribution in [0.1, 0.15) is 103 Å². The summed E-state index contributed by atoms with van der Waals surface area (Å²) >= 11 is 3.32. The molecule has 11 aromatic rings. The molecular formula is C81H86N4O8S2. The molecule has 490 valence electrons. The van der Waals surface area contributed by atoms with Gasteiger partial charge in [-0.3, -0.25) is 0 Å². The molecule has 2 aromatic heterocycles. The topological polar surface area (TPSA) is 142 Å². The van der Waals surface area contributed by atoms with Crippen LogP contribution in [0.15, 0.2) is 223 Å². The van der Waals surface area contributed by atoms with Gasteiger partial charge in [-0.15, -0.1) is 0 Å². The number of nitrogens with zero attached hydrogens (tertiary/aromatic N) is 2. The van der Waals surface area contributed by atoms with E-state index in [1.54, 1.807) is 35.8 Å². The Kier molecular flexibility index (Phi) is 25.7. The van der Waals surface area contributed by atoms with Crippen LogP contribution in [0, 0.1) is 13.8 Å². The average molecular weight is 1310 g/mol. The molecule has 0 spiro atoms. The van der Waals surface area contributed by atoms with Crippen molar-refractivity contribution >= 4 is 23.5 Å². The van der Waals surface area contributed by atoms with E-state index in [9.17, 15) is 5.11 Å². The largest absolute Gasteiger partial charge is 0.507 e. The third-order valence-electron chi connectivity index (χ3n) is 15.9. The maximum atomic E-state index is 10.9. The van der Waals surface area contributed by atoms with E-state index in [1.807, 2.05) is 147 Å². The Bertz CT molecular complexity index is 4160. The number of aromatic hydroxyl groups is 1. The predicted molar refractivity (Wildman–Crippen MR) is 386 cm³/mol. The quantitative estimate of drug-likeness (QED) is 0.0266. The number of benzene rings is 9. The van der Waals surface area contributed by atoms with Crippen molar-refractivity contribution in [3.8, 4) is 80.0 Å². The van der Waals surface area contributed by atoms with E-state index >= 15 is 0 Å². The van der Waals surface area contributed by atoms with Crippen molar-refractivity contribution in [2.75, 3.05) is 26.4 Å². The standard InChI is InChI=1S/C44H46N2O4S.C37H40N2O4S/c1-4-16-36-40(23-14-24-41(36)50-39-22-13-12-17-32(39)3)47-25-15-26-48-42-28-43(49-30-33-18-8-6-9-19-33)37(27-35(42)5-2)38-29-45-44(46-38)51-31-34-20-10-7-11-21-34;1-4-13-29-34(18-11-19-35(29)43-33-17-10-9-14-26(33)3)41-20-12-21-42-36-23-32(40)30(22-28(36)5-2)31-24-38-37(39-31)44-25-27-15-7-6-8-16-27/h6-14,17-24,27-29H,4-5,15-16,25-26,30-31H2,1-3H3,(H,45,46);6-11,14-19,22-24,40H,4-5,12-13,20-21,25H2,1-3H3,(H,38,39). The molecule has 0 saturated heterocycles. The first kappa shape index (κ1) is 68.4. The summed E-state index contributed by atoms with van der Waals surface area (Å²) in [6, 6.07) is 67.0. The number of para-hydroxylation sites is 2. The van der Waals surface area contributed by atoms with Gasteiger partial charge < -0.3 is 48.2 Å². The lowest BCUT2D eigenvalue weighted by Gasteiger charge is -2.18. The number of aryl methyl sites for hydroxylation is 4. The molecule has 12 nitrogen and oxygen atoms in total. The third-order valence-corrected chi connectivity index (χ3v) is 17.8. The summed E-state index contributed by atoms with van der Waals surface area (Å²) in [7, 11) is 0. The van der Waals surface area contributed by atoms with Crippen LogP contribution in [0.2, 0.25) is 0 Å². The maximum absolute atomic E-state index is 10.9. The summed E-state index contributed by atoms with van der Waals surface area (Å²) in [5.74, 6) is 9.17. The molecule has 14 heteroatoms. The summed E-state index contributed by atoms with van der Waals surface area (Å²) in [6.45, 7) is 15.1. The molecular weight excluding hydrogens is 1220 g/mol. The molecule has 0 aliphatic heterocycles. The van der Waals surface area contributed by atoms with Crippen LogP contribution in [0.5, 0.6) is 57.5 Å². The highest BCUT2D eigenvalue weighted by Crippen LogP contribution is 2.41. The number of phenols is 1. The second-order valence-corrected chi connectivity index (χ2v) is 24.9. The van der Waals surface area contributed by atoms with Crippen LogP contribution in [0.25, 0.3) is 22.5 Å². The van der Waals surface area contributed by atoms with Gasteiger partial charge in [-0.2, -0.15) is 0 Å². The smallest absolute Gasteiger partial charge is 0.166 e. The first-order valence-corrected chi connectivity index (χ1v) is 35.0. The van der Waals surface area contributed by atoms with Gasteiger partial charge in [-0.05, 0) is 127 Å². The number of ether oxygens (including phenoxy) is 7. The van der Waals surface area contributed by atoms with E-state index in [1.165, 1.54) is 11.1 Å². The number of nitrogens with one attached hydrogen (secondary N) is 2. The molecule has 9 aromatic carbocycles. The van der Waals surface area contributed by atoms with Gasteiger partial charge in [0.2, 0.25) is 0 Å². The molecule has 0 aliphatic carbocycles. The highest BCUT2D eigenvalue weighted by Gasteiger charge is 2.19. The number of rotatable bonds is 33. The molecule has 0 aliphatic rings. The van der Waals surface area contributed by atoms with Crippen LogP contribution in [-0.2, 0) is 43.8 Å². The van der Waals surface area contributed by atoms with Gasteiger partial charge in [-0.25, -0.2) is 9.97 Å². The predicted octanol–water partition coefficient (Wildman–Crippen LogP) is 20.9. The summed E-state index contributed by atoms with van der Waals surface area (Å²) in [5, 5.41) is 12.6. The normalized spacial score (nSPS) is 11.0. The molecule has 95 heavy (non-hydrogen) atoms. The molecule has 0 fully saturated rings. The molecule has 3 N–H and O–H groups in total. The fourth-order valence-corrected chi connectivity index (χ4v) is 12.4. The van der Waals surface area contributed by atoms with Gasteiger partial charge in [0.05, 0.1) is 50.2 Å². The van der Waals surface area contributed by atoms with Crippen LogP contribution in [0.4, 0.5) is 0 Å². The monoisotopic (exact) mass is 1310 g/mol. The number of H-pyrrole nitrogens is 2. The van der Waals surface area contributed by atoms with Crippen molar-refractivity contribution in [3.05, 3.63) is 263 Å². The number of imidazole rings is 2. The molecule has 2 heterocycles. The number of hydrogen-bond donors (Lipinski definition) is 3. The fourth-order valence-electron chi connectivity index (χ4n) is 10.8. The first-order valence-electron chi connectivity index (χ1n) is 33.0. The number of phenolic OH excluding ortho intramolecular Hbond substituents is 1. The molecule has 0 bridgehead atoms. The summed E-state index contributed by atoms with van der Waals surface area (Å²) in [6.07, 6.45) is 10.4. The maximum Gasteiger partial charge on any atom is 0.166 e. The molecule has 0 atom stereocenters. The van der Waals surface area contributed by atoms with Gasteiger partial charge in [0.1, 0.15) is 64.1 Å². The number of thioether (sulfide) groups is 2. The summed E-state index contributed by atoms with van der Waals surface area (Å²) in [4.78, 5) is 16.1. The minimum Gasteiger partial charge on any atom is -0.507 e. The summed E-state index contributed by atoms with van der Waals surface area (Å²) < 4.78 is 44.2. The number of aromatic nitrogens is 4. The molecule has 0 saturated carbocycles. The van der Waals surface area contributed by atoms with E-state index in [4.69, 9.17) is 33.2 Å². The SMILES string of the molecule is CCCc1c(OCCCOc2cc(O)c(-c3cnc(SCc4ccccc4)[nH]3)cc2CC)cccc1Oc1ccccc1C.CCCc1c(OCCCOc2cc(OCc3ccccc3)c(-c3cnc(SCc4ccccc4)[nH]3)cc2CC)cccc1Oc1ccccc1C. The van der Waals surface area contributed by atoms with E-state index in [0.29, 0.717) is 50.8 Å². The molecule has 0 radical (unpaired) electrons. The Labute approximate surface area is 568 Å². The van der Waals surface area contributed by atoms with E-state index in [2.05, 4.69) is 115 Å². The van der Waals surface area contributed by atoms with Gasteiger partial charge in [-0.1, -0.05) is 204 Å². The average Bonchev–Trinajstić information content (AvgIpc) is 1.83. The second kappa shape index (κ2) is 35.7. The minimum absolute atomic E-state index is 0.159. The van der Waals surface area contributed by atoms with Gasteiger partial charge in [0, 0.05) is 58.7 Å². The zero-order valence-electron chi connectivity index (χ0n) is 55.3. The number of hydrogen-bond acceptors (Lipinski definition) is 12. The lowest BCUT2D eigenvalue weighted by atomic mass is 10.0. The first-order chi connectivity index (χ1) is 46.7. The highest BCUT2D eigenvalue weighted by atomic mass is 32.2. The van der Waals surface area contributed by atoms with Crippen molar-refractivity contribution in [2.24, 2.45) is 0 Å². The Hall–Kier alpha value is -9.50. The van der Waals surface area contributed by atoms with Crippen molar-refractivity contribution in [1.29, 1.82) is 0 Å². The highest BCUT2D eigenvalue weighted by molar-refractivity contribution is 7.98. The van der Waals surface area contributed by atoms with Crippen LogP contribution in [0.3, 0.4) is 0 Å². The van der Waals surface area contributed by atoms with Crippen molar-refractivity contribution < 1.29 is 38.3 Å². The lowest BCUT2D eigenvalue weighted by Crippen LogP contribution is -2.08. The Morgan fingerprint density at radius 1 is 0.389 bits per heavy atom. The third kappa shape index (κ3) is 19.6. The Morgan fingerprint density at radius 2 is 0.789 bits per heavy atom. The molecule has 11 rings (SSSR count).